The summed E-state index contributed by atoms with van der Waals surface area (Å²) in [5, 5.41) is 18.6. The summed E-state index contributed by atoms with van der Waals surface area (Å²) in [7, 11) is 0. The molecule has 0 radical (unpaired) electrons. The molecule has 0 aliphatic heterocycles. The van der Waals surface area contributed by atoms with Gasteiger partial charge < -0.3 is 29.2 Å². The normalized spacial score (nSPS) is 12.4. The van der Waals surface area contributed by atoms with Gasteiger partial charge in [0, 0.05) is 37.2 Å². The molecule has 4 aromatic rings. The number of carboxylic acid groups (broad SMARTS) is 2. The number of hydrogen-bond acceptors (Lipinski definition) is 6. The van der Waals surface area contributed by atoms with E-state index in [0.29, 0.717) is 50.8 Å². The van der Waals surface area contributed by atoms with Crippen molar-refractivity contribution in [2.75, 3.05) is 26.4 Å². The minimum Gasteiger partial charge on any atom is -0.490 e. The lowest BCUT2D eigenvalue weighted by atomic mass is 10.0. The summed E-state index contributed by atoms with van der Waals surface area (Å²) in [4.78, 5) is 22.7. The van der Waals surface area contributed by atoms with Crippen LogP contribution < -0.4 is 9.47 Å². The van der Waals surface area contributed by atoms with Crippen molar-refractivity contribution in [1.82, 2.24) is 0 Å². The van der Waals surface area contributed by atoms with Crippen LogP contribution in [0.15, 0.2) is 120 Å². The topological polar surface area (TPSA) is 112 Å². The number of carboxylic acids is 2. The molecule has 0 unspecified atom stereocenters. The fraction of sp³-hybridized carbons (Fsp3) is 0.261. The van der Waals surface area contributed by atoms with Gasteiger partial charge in [-0.15, -0.1) is 0 Å². The number of ether oxygens (including phenoxy) is 4. The summed E-state index contributed by atoms with van der Waals surface area (Å²) >= 11 is 0. The van der Waals surface area contributed by atoms with Gasteiger partial charge in [-0.3, -0.25) is 0 Å². The number of carbonyl (C=O) groups is 2. The maximum Gasteiger partial charge on any atom is 0.333 e. The highest BCUT2D eigenvalue weighted by atomic mass is 16.5. The molecule has 0 saturated carbocycles. The smallest absolute Gasteiger partial charge is 0.333 e. The van der Waals surface area contributed by atoms with E-state index in [4.69, 9.17) is 18.9 Å². The highest BCUT2D eigenvalue weighted by Crippen LogP contribution is 2.21. The van der Waals surface area contributed by atoms with Gasteiger partial charge in [-0.05, 0) is 122 Å². The van der Waals surface area contributed by atoms with Crippen LogP contribution in [0.2, 0.25) is 0 Å². The van der Waals surface area contributed by atoms with Crippen molar-refractivity contribution in [3.05, 3.63) is 143 Å². The van der Waals surface area contributed by atoms with E-state index >= 15 is 0 Å². The first-order valence-electron chi connectivity index (χ1n) is 17.8. The first kappa shape index (κ1) is 40.7. The van der Waals surface area contributed by atoms with Crippen molar-refractivity contribution in [3.8, 4) is 46.3 Å². The van der Waals surface area contributed by atoms with Gasteiger partial charge in [0.05, 0.1) is 0 Å². The summed E-state index contributed by atoms with van der Waals surface area (Å²) < 4.78 is 22.2. The molecule has 2 N–H and O–H groups in total. The van der Waals surface area contributed by atoms with Gasteiger partial charge in [-0.1, -0.05) is 72.2 Å². The third-order valence-electron chi connectivity index (χ3n) is 8.17. The second kappa shape index (κ2) is 21.5. The molecule has 278 valence electrons. The van der Waals surface area contributed by atoms with Crippen LogP contribution in [0.4, 0.5) is 0 Å². The number of aliphatic carboxylic acids is 2. The van der Waals surface area contributed by atoms with E-state index in [9.17, 15) is 19.8 Å². The predicted octanol–water partition coefficient (Wildman–Crippen LogP) is 8.17. The Kier molecular flexibility index (Phi) is 16.2. The zero-order valence-corrected chi connectivity index (χ0v) is 31.1. The summed E-state index contributed by atoms with van der Waals surface area (Å²) in [6.45, 7) is 8.87. The molecule has 8 heteroatoms. The second-order valence-corrected chi connectivity index (χ2v) is 12.3. The summed E-state index contributed by atoms with van der Waals surface area (Å²) in [6, 6.07) is 30.9. The van der Waals surface area contributed by atoms with Crippen molar-refractivity contribution >= 4 is 11.9 Å². The van der Waals surface area contributed by atoms with E-state index < -0.39 is 24.1 Å². The molecule has 0 heterocycles. The summed E-state index contributed by atoms with van der Waals surface area (Å²) in [5.41, 5.74) is 7.51. The van der Waals surface area contributed by atoms with Gasteiger partial charge in [0.25, 0.3) is 0 Å². The van der Waals surface area contributed by atoms with Crippen LogP contribution in [0.25, 0.3) is 11.1 Å². The highest BCUT2D eigenvalue weighted by Gasteiger charge is 2.18. The third kappa shape index (κ3) is 13.8. The van der Waals surface area contributed by atoms with E-state index in [2.05, 4.69) is 47.9 Å². The van der Waals surface area contributed by atoms with Gasteiger partial charge in [0.15, 0.2) is 12.2 Å². The van der Waals surface area contributed by atoms with Crippen LogP contribution in [-0.2, 0) is 31.9 Å². The quantitative estimate of drug-likeness (QED) is 0.105. The second-order valence-electron chi connectivity index (χ2n) is 12.3. The van der Waals surface area contributed by atoms with E-state index in [-0.39, 0.29) is 0 Å². The Morgan fingerprint density at radius 3 is 1.24 bits per heavy atom. The molecule has 8 nitrogen and oxygen atoms in total. The lowest BCUT2D eigenvalue weighted by molar-refractivity contribution is -0.150. The Hall–Kier alpha value is -6.06. The predicted molar refractivity (Wildman–Crippen MR) is 211 cm³/mol. The molecule has 0 bridgehead atoms. The van der Waals surface area contributed by atoms with Gasteiger partial charge in [0.2, 0.25) is 0 Å². The van der Waals surface area contributed by atoms with Gasteiger partial charge in [0.1, 0.15) is 24.7 Å². The molecule has 0 spiro atoms. The average Bonchev–Trinajstić information content (AvgIpc) is 3.17. The maximum atomic E-state index is 11.3. The minimum atomic E-state index is -0.969. The van der Waals surface area contributed by atoms with Crippen LogP contribution >= 0.6 is 0 Å². The van der Waals surface area contributed by atoms with E-state index in [0.717, 1.165) is 44.5 Å². The van der Waals surface area contributed by atoms with Crippen LogP contribution in [-0.4, -0.2) is 60.8 Å². The Balaban J connectivity index is 1.22. The van der Waals surface area contributed by atoms with Crippen molar-refractivity contribution < 1.29 is 38.7 Å². The molecule has 0 fully saturated rings. The Morgan fingerprint density at radius 2 is 0.926 bits per heavy atom. The van der Waals surface area contributed by atoms with E-state index in [1.807, 2.05) is 98.8 Å². The van der Waals surface area contributed by atoms with Gasteiger partial charge in [-0.25, -0.2) is 9.59 Å². The first-order valence-corrected chi connectivity index (χ1v) is 17.8. The molecule has 0 saturated heterocycles. The van der Waals surface area contributed by atoms with Crippen molar-refractivity contribution in [2.24, 2.45) is 0 Å². The Morgan fingerprint density at radius 1 is 0.574 bits per heavy atom. The van der Waals surface area contributed by atoms with Gasteiger partial charge >= 0.3 is 11.9 Å². The highest BCUT2D eigenvalue weighted by molar-refractivity contribution is 5.73. The molecule has 2 atom stereocenters. The maximum absolute atomic E-state index is 11.3. The van der Waals surface area contributed by atoms with Crippen molar-refractivity contribution in [3.63, 3.8) is 0 Å². The Bertz CT molecular complexity index is 1850. The monoisotopic (exact) mass is 726 g/mol. The standard InChI is InChI=1S/C46H46O8/c1-5-51-43(45(47)48)31-37-15-23-41(24-16-37)53-29-27-33(3)7-9-35-11-19-39(20-12-35)40-21-13-36(14-22-40)10-8-34(4)28-30-54-42-25-17-38(18-26-42)32-44(46(49)50)52-6-2/h11-28,43-44H,5-6,29-32H2,1-4H3,(H,47,48)(H,49,50)/b33-27-,34-28+/t43-,44-/m1/s1. The van der Waals surface area contributed by atoms with E-state index in [1.54, 1.807) is 13.8 Å². The molecule has 4 aromatic carbocycles. The lowest BCUT2D eigenvalue weighted by Gasteiger charge is -2.12. The molecule has 54 heavy (non-hydrogen) atoms. The fourth-order valence-corrected chi connectivity index (χ4v) is 5.17. The molecular formula is C46H46O8. The molecule has 0 aromatic heterocycles. The average molecular weight is 727 g/mol. The van der Waals surface area contributed by atoms with Crippen molar-refractivity contribution in [1.29, 1.82) is 0 Å². The van der Waals surface area contributed by atoms with Crippen LogP contribution in [0.1, 0.15) is 49.9 Å². The number of allylic oxidation sites excluding steroid dienone is 2. The SMILES string of the molecule is CCO[C@H](Cc1ccc(OC/C=C(/C)C#Cc2ccc(-c3ccc(C#C/C(C)=C/COc4ccc(C[C@@H](OCC)C(=O)O)cc4)cc3)cc2)cc1)C(=O)O. The molecule has 0 aliphatic rings. The lowest BCUT2D eigenvalue weighted by Crippen LogP contribution is -2.26. The largest absolute Gasteiger partial charge is 0.490 e. The zero-order valence-electron chi connectivity index (χ0n) is 31.1. The first-order chi connectivity index (χ1) is 26.1. The van der Waals surface area contributed by atoms with Crippen molar-refractivity contribution in [2.45, 2.75) is 52.7 Å². The summed E-state index contributed by atoms with van der Waals surface area (Å²) in [6.07, 6.45) is 2.73. The fourth-order valence-electron chi connectivity index (χ4n) is 5.17. The Labute approximate surface area is 318 Å². The third-order valence-corrected chi connectivity index (χ3v) is 8.17. The van der Waals surface area contributed by atoms with Crippen LogP contribution in [0.3, 0.4) is 0 Å². The molecule has 0 amide bonds. The number of rotatable bonds is 17. The molecular weight excluding hydrogens is 680 g/mol. The number of hydrogen-bond donors (Lipinski definition) is 2. The summed E-state index contributed by atoms with van der Waals surface area (Å²) in [5.74, 6) is 12.2. The van der Waals surface area contributed by atoms with Crippen LogP contribution in [0, 0.1) is 23.7 Å². The molecule has 0 aliphatic carbocycles. The van der Waals surface area contributed by atoms with Crippen LogP contribution in [0.5, 0.6) is 11.5 Å². The van der Waals surface area contributed by atoms with E-state index in [1.165, 1.54) is 0 Å². The molecule has 4 rings (SSSR count). The zero-order chi connectivity index (χ0) is 38.7. The number of benzene rings is 4. The van der Waals surface area contributed by atoms with Gasteiger partial charge in [-0.2, -0.15) is 0 Å². The minimum absolute atomic E-state index is 0.300.